The second-order valence-corrected chi connectivity index (χ2v) is 6.57. The molecule has 1 aliphatic heterocycles. The second-order valence-electron chi connectivity index (χ2n) is 6.57. The van der Waals surface area contributed by atoms with E-state index in [-0.39, 0.29) is 11.8 Å². The van der Waals surface area contributed by atoms with Crippen molar-refractivity contribution in [2.24, 2.45) is 5.92 Å². The summed E-state index contributed by atoms with van der Waals surface area (Å²) in [5.41, 5.74) is 2.12. The number of nitriles is 1. The number of piperidine rings is 1. The van der Waals surface area contributed by atoms with Gasteiger partial charge in [0.1, 0.15) is 11.9 Å². The molecule has 2 aromatic rings. The number of aliphatic hydroxyl groups excluding tert-OH is 1. The summed E-state index contributed by atoms with van der Waals surface area (Å²) >= 11 is 0. The first-order chi connectivity index (χ1) is 12.6. The lowest BCUT2D eigenvalue weighted by Crippen LogP contribution is -2.38. The van der Waals surface area contributed by atoms with E-state index < -0.39 is 6.10 Å². The van der Waals surface area contributed by atoms with Crippen LogP contribution in [0.2, 0.25) is 0 Å². The molecule has 1 saturated heterocycles. The summed E-state index contributed by atoms with van der Waals surface area (Å²) in [6, 6.07) is 12.9. The van der Waals surface area contributed by atoms with Crippen LogP contribution in [0.15, 0.2) is 42.6 Å². The van der Waals surface area contributed by atoms with Crippen molar-refractivity contribution >= 4 is 17.4 Å². The van der Waals surface area contributed by atoms with E-state index in [0.29, 0.717) is 5.56 Å². The Morgan fingerprint density at radius 3 is 2.50 bits per heavy atom. The van der Waals surface area contributed by atoms with Crippen molar-refractivity contribution in [1.29, 1.82) is 5.26 Å². The number of amides is 1. The van der Waals surface area contributed by atoms with E-state index in [1.54, 1.807) is 19.2 Å². The highest BCUT2D eigenvalue weighted by atomic mass is 16.3. The topological polar surface area (TPSA) is 89.2 Å². The first-order valence-electron chi connectivity index (χ1n) is 8.77. The van der Waals surface area contributed by atoms with Gasteiger partial charge in [0.15, 0.2) is 0 Å². The van der Waals surface area contributed by atoms with Crippen LogP contribution in [0.5, 0.6) is 0 Å². The van der Waals surface area contributed by atoms with Gasteiger partial charge in [-0.05, 0) is 49.6 Å². The van der Waals surface area contributed by atoms with Gasteiger partial charge in [0, 0.05) is 30.9 Å². The molecule has 1 atom stereocenters. The third kappa shape index (κ3) is 4.19. The number of carbonyl (C=O) groups is 1. The van der Waals surface area contributed by atoms with Gasteiger partial charge in [-0.1, -0.05) is 12.1 Å². The van der Waals surface area contributed by atoms with Gasteiger partial charge in [0.2, 0.25) is 5.91 Å². The summed E-state index contributed by atoms with van der Waals surface area (Å²) < 4.78 is 0. The number of benzene rings is 1. The van der Waals surface area contributed by atoms with E-state index in [9.17, 15) is 9.90 Å². The highest BCUT2D eigenvalue weighted by Gasteiger charge is 2.25. The molecule has 2 N–H and O–H groups in total. The molecule has 26 heavy (non-hydrogen) atoms. The summed E-state index contributed by atoms with van der Waals surface area (Å²) in [6.07, 6.45) is 2.59. The van der Waals surface area contributed by atoms with Gasteiger partial charge in [-0.25, -0.2) is 4.98 Å². The summed E-state index contributed by atoms with van der Waals surface area (Å²) in [6.45, 7) is 3.24. The molecule has 0 radical (unpaired) electrons. The first-order valence-corrected chi connectivity index (χ1v) is 8.77. The smallest absolute Gasteiger partial charge is 0.227 e. The number of nitrogens with one attached hydrogen (secondary N) is 1. The van der Waals surface area contributed by atoms with Crippen LogP contribution in [0.1, 0.15) is 37.0 Å². The molecule has 6 nitrogen and oxygen atoms in total. The van der Waals surface area contributed by atoms with Gasteiger partial charge in [-0.2, -0.15) is 5.26 Å². The van der Waals surface area contributed by atoms with Crippen molar-refractivity contribution in [3.05, 3.63) is 53.7 Å². The molecule has 6 heteroatoms. The number of anilines is 2. The summed E-state index contributed by atoms with van der Waals surface area (Å²) in [4.78, 5) is 18.9. The van der Waals surface area contributed by atoms with Crippen molar-refractivity contribution in [1.82, 2.24) is 4.98 Å². The molecule has 134 valence electrons. The summed E-state index contributed by atoms with van der Waals surface area (Å²) in [5.74, 6) is 0.847. The van der Waals surface area contributed by atoms with Crippen LogP contribution in [-0.2, 0) is 4.79 Å². The lowest BCUT2D eigenvalue weighted by atomic mass is 9.95. The average molecular weight is 350 g/mol. The number of rotatable bonds is 4. The fraction of sp³-hybridized carbons (Fsp3) is 0.350. The molecular formula is C20H22N4O2. The van der Waals surface area contributed by atoms with Crippen molar-refractivity contribution < 1.29 is 9.90 Å². The Kier molecular flexibility index (Phi) is 5.49. The predicted molar refractivity (Wildman–Crippen MR) is 99.6 cm³/mol. The third-order valence-corrected chi connectivity index (χ3v) is 4.73. The molecule has 2 heterocycles. The van der Waals surface area contributed by atoms with Crippen molar-refractivity contribution in [2.45, 2.75) is 25.9 Å². The van der Waals surface area contributed by atoms with Gasteiger partial charge >= 0.3 is 0 Å². The largest absolute Gasteiger partial charge is 0.389 e. The SMILES string of the molecule is CC(O)c1ccc(NC(=O)C2CCN(c3ccc(C#N)cn3)CC2)cc1. The zero-order chi connectivity index (χ0) is 18.5. The molecular weight excluding hydrogens is 328 g/mol. The van der Waals surface area contributed by atoms with Crippen LogP contribution in [0.25, 0.3) is 0 Å². The number of hydrogen-bond donors (Lipinski definition) is 2. The van der Waals surface area contributed by atoms with Gasteiger partial charge in [0.25, 0.3) is 0 Å². The number of aromatic nitrogens is 1. The second kappa shape index (κ2) is 7.98. The Morgan fingerprint density at radius 1 is 1.27 bits per heavy atom. The van der Waals surface area contributed by atoms with Crippen molar-refractivity contribution in [2.75, 3.05) is 23.3 Å². The van der Waals surface area contributed by atoms with E-state index in [0.717, 1.165) is 43.0 Å². The van der Waals surface area contributed by atoms with Crippen LogP contribution in [-0.4, -0.2) is 29.1 Å². The zero-order valence-electron chi connectivity index (χ0n) is 14.7. The maximum atomic E-state index is 12.5. The zero-order valence-corrected chi connectivity index (χ0v) is 14.7. The third-order valence-electron chi connectivity index (χ3n) is 4.73. The Bertz CT molecular complexity index is 786. The van der Waals surface area contributed by atoms with E-state index in [2.05, 4.69) is 21.3 Å². The number of carbonyl (C=O) groups excluding carboxylic acids is 1. The quantitative estimate of drug-likeness (QED) is 0.885. The molecule has 1 aliphatic rings. The molecule has 1 aromatic heterocycles. The van der Waals surface area contributed by atoms with Gasteiger partial charge in [-0.15, -0.1) is 0 Å². The molecule has 1 unspecified atom stereocenters. The van der Waals surface area contributed by atoms with E-state index in [4.69, 9.17) is 5.26 Å². The summed E-state index contributed by atoms with van der Waals surface area (Å²) in [5, 5.41) is 21.3. The average Bonchev–Trinajstić information content (AvgIpc) is 2.68. The molecule has 0 aliphatic carbocycles. The number of pyridine rings is 1. The van der Waals surface area contributed by atoms with Crippen LogP contribution in [0.4, 0.5) is 11.5 Å². The van der Waals surface area contributed by atoms with E-state index >= 15 is 0 Å². The van der Waals surface area contributed by atoms with Crippen molar-refractivity contribution in [3.63, 3.8) is 0 Å². The van der Waals surface area contributed by atoms with Gasteiger partial charge in [0.05, 0.1) is 11.7 Å². The lowest BCUT2D eigenvalue weighted by Gasteiger charge is -2.32. The molecule has 1 amide bonds. The van der Waals surface area contributed by atoms with Crippen molar-refractivity contribution in [3.8, 4) is 6.07 Å². The molecule has 1 aromatic carbocycles. The Hall–Kier alpha value is -2.91. The van der Waals surface area contributed by atoms with E-state index in [1.165, 1.54) is 0 Å². The standard InChI is InChI=1S/C20H22N4O2/c1-14(25)16-3-5-18(6-4-16)23-20(26)17-8-10-24(11-9-17)19-7-2-15(12-21)13-22-19/h2-7,13-14,17,25H,8-11H2,1H3,(H,23,26). The molecule has 3 rings (SSSR count). The highest BCUT2D eigenvalue weighted by Crippen LogP contribution is 2.24. The van der Waals surface area contributed by atoms with Crippen LogP contribution < -0.4 is 10.2 Å². The molecule has 0 saturated carbocycles. The Balaban J connectivity index is 1.53. The Morgan fingerprint density at radius 2 is 1.96 bits per heavy atom. The minimum Gasteiger partial charge on any atom is -0.389 e. The molecule has 0 bridgehead atoms. The van der Waals surface area contributed by atoms with Crippen LogP contribution in [0.3, 0.4) is 0 Å². The fourth-order valence-corrected chi connectivity index (χ4v) is 3.10. The van der Waals surface area contributed by atoms with Gasteiger partial charge in [-0.3, -0.25) is 4.79 Å². The number of aliphatic hydroxyl groups is 1. The minimum absolute atomic E-state index is 0.0268. The molecule has 0 spiro atoms. The lowest BCUT2D eigenvalue weighted by molar-refractivity contribution is -0.120. The number of hydrogen-bond acceptors (Lipinski definition) is 5. The minimum atomic E-state index is -0.514. The fourth-order valence-electron chi connectivity index (χ4n) is 3.10. The Labute approximate surface area is 153 Å². The monoisotopic (exact) mass is 350 g/mol. The van der Waals surface area contributed by atoms with E-state index in [1.807, 2.05) is 30.3 Å². The maximum Gasteiger partial charge on any atom is 0.227 e. The predicted octanol–water partition coefficient (Wildman–Crippen LogP) is 2.86. The maximum absolute atomic E-state index is 12.5. The number of nitrogens with zero attached hydrogens (tertiary/aromatic N) is 3. The molecule has 1 fully saturated rings. The first kappa shape index (κ1) is 17.9. The normalized spacial score (nSPS) is 16.0. The highest BCUT2D eigenvalue weighted by molar-refractivity contribution is 5.92. The summed E-state index contributed by atoms with van der Waals surface area (Å²) in [7, 11) is 0. The van der Waals surface area contributed by atoms with Crippen LogP contribution >= 0.6 is 0 Å². The van der Waals surface area contributed by atoms with Crippen LogP contribution in [0, 0.1) is 17.2 Å². The van der Waals surface area contributed by atoms with Gasteiger partial charge < -0.3 is 15.3 Å².